The number of carbonyl (C=O) groups excluding carboxylic acids is 2. The van der Waals surface area contributed by atoms with Gasteiger partial charge in [0.05, 0.1) is 29.7 Å². The first-order valence-corrected chi connectivity index (χ1v) is 9.92. The van der Waals surface area contributed by atoms with Crippen LogP contribution in [0, 0.1) is 11.7 Å². The molecule has 8 nitrogen and oxygen atoms in total. The number of rotatable bonds is 4. The molecule has 1 fully saturated rings. The minimum absolute atomic E-state index is 0.0403. The number of nitrogens with one attached hydrogen (secondary N) is 1. The molecule has 4 rings (SSSR count). The van der Waals surface area contributed by atoms with Crippen LogP contribution in [0.4, 0.5) is 4.39 Å². The number of carbonyl (C=O) groups is 2. The van der Waals surface area contributed by atoms with Crippen LogP contribution in [-0.4, -0.2) is 57.8 Å². The van der Waals surface area contributed by atoms with Crippen molar-refractivity contribution >= 4 is 23.4 Å². The molecule has 0 spiro atoms. The molecule has 10 heteroatoms. The molecule has 2 aromatic rings. The lowest BCUT2D eigenvalue weighted by atomic mass is 10.1. The van der Waals surface area contributed by atoms with Gasteiger partial charge in [-0.2, -0.15) is 0 Å². The highest BCUT2D eigenvalue weighted by Crippen LogP contribution is 2.20. The normalized spacial score (nSPS) is 19.0. The summed E-state index contributed by atoms with van der Waals surface area (Å²) >= 11 is 5.80. The smallest absolute Gasteiger partial charge is 0.256 e. The number of hydrogen-bond donors (Lipinski definition) is 1. The Kier molecular flexibility index (Phi) is 5.77. The molecule has 29 heavy (non-hydrogen) atoms. The lowest BCUT2D eigenvalue weighted by Gasteiger charge is -2.20. The Bertz CT molecular complexity index is 929. The van der Waals surface area contributed by atoms with Gasteiger partial charge in [-0.05, 0) is 18.6 Å². The predicted octanol–water partition coefficient (Wildman–Crippen LogP) is 1.42. The lowest BCUT2D eigenvalue weighted by molar-refractivity contribution is -0.125. The molecule has 1 saturated heterocycles. The quantitative estimate of drug-likeness (QED) is 0.806. The van der Waals surface area contributed by atoms with Gasteiger partial charge in [-0.25, -0.2) is 4.39 Å². The zero-order valence-corrected chi connectivity index (χ0v) is 16.5. The molecular weight excluding hydrogens is 401 g/mol. The van der Waals surface area contributed by atoms with E-state index in [9.17, 15) is 14.0 Å². The van der Waals surface area contributed by atoms with Crippen molar-refractivity contribution in [3.63, 3.8) is 0 Å². The average Bonchev–Trinajstić information content (AvgIpc) is 3.34. The third-order valence-corrected chi connectivity index (χ3v) is 5.59. The number of halogens is 2. The second kappa shape index (κ2) is 8.46. The van der Waals surface area contributed by atoms with Crippen LogP contribution in [0.25, 0.3) is 0 Å². The van der Waals surface area contributed by atoms with Gasteiger partial charge in [-0.3, -0.25) is 9.59 Å². The average molecular weight is 422 g/mol. The maximum Gasteiger partial charge on any atom is 0.256 e. The Morgan fingerprint density at radius 2 is 2.14 bits per heavy atom. The highest BCUT2D eigenvalue weighted by molar-refractivity contribution is 6.31. The largest absolute Gasteiger partial charge is 0.381 e. The van der Waals surface area contributed by atoms with Gasteiger partial charge < -0.3 is 19.5 Å². The van der Waals surface area contributed by atoms with E-state index in [4.69, 9.17) is 16.3 Å². The number of amides is 2. The van der Waals surface area contributed by atoms with Crippen molar-refractivity contribution < 1.29 is 18.7 Å². The van der Waals surface area contributed by atoms with Crippen molar-refractivity contribution in [2.45, 2.75) is 25.9 Å². The standard InChI is InChI=1S/C19H21ClFN5O3/c20-14-3-1-2-13(17(14)21)19(28)25-6-4-15-23-24-16(26(15)8-7-25)10-22-18(27)12-5-9-29-11-12/h1-3,12H,4-11H2,(H,22,27). The molecule has 1 aromatic heterocycles. The summed E-state index contributed by atoms with van der Waals surface area (Å²) < 4.78 is 21.4. The molecule has 2 amide bonds. The highest BCUT2D eigenvalue weighted by atomic mass is 35.5. The molecule has 0 bridgehead atoms. The van der Waals surface area contributed by atoms with E-state index in [-0.39, 0.29) is 29.0 Å². The van der Waals surface area contributed by atoms with Crippen molar-refractivity contribution in [2.75, 3.05) is 26.3 Å². The van der Waals surface area contributed by atoms with Gasteiger partial charge in [0, 0.05) is 32.7 Å². The fourth-order valence-corrected chi connectivity index (χ4v) is 3.78. The summed E-state index contributed by atoms with van der Waals surface area (Å²) in [5.41, 5.74) is -0.0403. The Morgan fingerprint density at radius 3 is 2.93 bits per heavy atom. The second-order valence-corrected chi connectivity index (χ2v) is 7.51. The van der Waals surface area contributed by atoms with Gasteiger partial charge >= 0.3 is 0 Å². The number of benzene rings is 1. The Hall–Kier alpha value is -2.52. The van der Waals surface area contributed by atoms with Crippen molar-refractivity contribution in [3.8, 4) is 0 Å². The fraction of sp³-hybridized carbons (Fsp3) is 0.474. The van der Waals surface area contributed by atoms with Crippen LogP contribution in [0.1, 0.15) is 28.4 Å². The van der Waals surface area contributed by atoms with E-state index < -0.39 is 11.7 Å². The SMILES string of the molecule is O=C(NCc1nnc2n1CCN(C(=O)c1cccc(Cl)c1F)CC2)C1CCOC1. The minimum Gasteiger partial charge on any atom is -0.381 e. The third-order valence-electron chi connectivity index (χ3n) is 5.29. The van der Waals surface area contributed by atoms with Crippen molar-refractivity contribution in [1.29, 1.82) is 0 Å². The first kappa shape index (κ1) is 19.8. The highest BCUT2D eigenvalue weighted by Gasteiger charge is 2.26. The van der Waals surface area contributed by atoms with E-state index in [1.807, 2.05) is 4.57 Å². The summed E-state index contributed by atoms with van der Waals surface area (Å²) in [7, 11) is 0. The van der Waals surface area contributed by atoms with Crippen LogP contribution in [0.2, 0.25) is 5.02 Å². The van der Waals surface area contributed by atoms with E-state index in [2.05, 4.69) is 15.5 Å². The van der Waals surface area contributed by atoms with Crippen LogP contribution in [0.5, 0.6) is 0 Å². The summed E-state index contributed by atoms with van der Waals surface area (Å²) in [6, 6.07) is 4.40. The van der Waals surface area contributed by atoms with Gasteiger partial charge in [0.2, 0.25) is 5.91 Å². The van der Waals surface area contributed by atoms with Gasteiger partial charge in [0.1, 0.15) is 5.82 Å². The molecular formula is C19H21ClFN5O3. The van der Waals surface area contributed by atoms with Crippen molar-refractivity contribution in [2.24, 2.45) is 5.92 Å². The molecule has 1 N–H and O–H groups in total. The van der Waals surface area contributed by atoms with E-state index >= 15 is 0 Å². The van der Waals surface area contributed by atoms with Crippen molar-refractivity contribution in [1.82, 2.24) is 25.0 Å². The molecule has 2 aliphatic heterocycles. The molecule has 0 radical (unpaired) electrons. The number of nitrogens with zero attached hydrogens (tertiary/aromatic N) is 4. The number of aromatic nitrogens is 3. The summed E-state index contributed by atoms with van der Waals surface area (Å²) in [5, 5.41) is 11.2. The lowest BCUT2D eigenvalue weighted by Crippen LogP contribution is -2.34. The summed E-state index contributed by atoms with van der Waals surface area (Å²) in [6.45, 7) is 2.56. The van der Waals surface area contributed by atoms with E-state index in [0.717, 1.165) is 12.2 Å². The van der Waals surface area contributed by atoms with Gasteiger partial charge in [-0.1, -0.05) is 17.7 Å². The van der Waals surface area contributed by atoms with Gasteiger partial charge in [0.15, 0.2) is 11.6 Å². The number of hydrogen-bond acceptors (Lipinski definition) is 5. The van der Waals surface area contributed by atoms with Crippen LogP contribution in [0.3, 0.4) is 0 Å². The van der Waals surface area contributed by atoms with E-state index in [1.54, 1.807) is 11.0 Å². The van der Waals surface area contributed by atoms with Crippen LogP contribution in [-0.2, 0) is 29.0 Å². The molecule has 154 valence electrons. The monoisotopic (exact) mass is 421 g/mol. The number of ether oxygens (including phenoxy) is 1. The Morgan fingerprint density at radius 1 is 1.28 bits per heavy atom. The maximum absolute atomic E-state index is 14.2. The molecule has 3 heterocycles. The number of fused-ring (bicyclic) bond motifs is 1. The summed E-state index contributed by atoms with van der Waals surface area (Å²) in [4.78, 5) is 26.5. The molecule has 1 aromatic carbocycles. The van der Waals surface area contributed by atoms with E-state index in [1.165, 1.54) is 12.1 Å². The fourth-order valence-electron chi connectivity index (χ4n) is 3.61. The molecule has 1 atom stereocenters. The molecule has 2 aliphatic rings. The summed E-state index contributed by atoms with van der Waals surface area (Å²) in [5.74, 6) is 0.0849. The van der Waals surface area contributed by atoms with Gasteiger partial charge in [0.25, 0.3) is 5.91 Å². The zero-order chi connectivity index (χ0) is 20.4. The minimum atomic E-state index is -0.706. The zero-order valence-electron chi connectivity index (χ0n) is 15.7. The van der Waals surface area contributed by atoms with Crippen molar-refractivity contribution in [3.05, 3.63) is 46.3 Å². The molecule has 0 aliphatic carbocycles. The predicted molar refractivity (Wildman–Crippen MR) is 102 cm³/mol. The van der Waals surface area contributed by atoms with E-state index in [0.29, 0.717) is 45.1 Å². The summed E-state index contributed by atoms with van der Waals surface area (Å²) in [6.07, 6.45) is 1.21. The Balaban J connectivity index is 1.41. The van der Waals surface area contributed by atoms with Crippen LogP contribution < -0.4 is 5.32 Å². The molecule has 1 unspecified atom stereocenters. The third kappa shape index (κ3) is 4.11. The second-order valence-electron chi connectivity index (χ2n) is 7.11. The first-order chi connectivity index (χ1) is 14.0. The first-order valence-electron chi connectivity index (χ1n) is 9.54. The molecule has 0 saturated carbocycles. The van der Waals surface area contributed by atoms with Crippen LogP contribution >= 0.6 is 11.6 Å². The Labute approximate surface area is 172 Å². The van der Waals surface area contributed by atoms with Crippen LogP contribution in [0.15, 0.2) is 18.2 Å². The van der Waals surface area contributed by atoms with Gasteiger partial charge in [-0.15, -0.1) is 10.2 Å². The topological polar surface area (TPSA) is 89.4 Å². The maximum atomic E-state index is 14.2.